The summed E-state index contributed by atoms with van der Waals surface area (Å²) < 4.78 is 13.5. The van der Waals surface area contributed by atoms with E-state index in [1.807, 2.05) is 6.07 Å². The standard InChI is InChI=1S/C16H19FN2S/c1-19(11-15-3-2-8-20-15)16-7-4-13(17)9-12(16)10-18-14-5-6-14/h2-4,7-9,14,18H,5-6,10-11H2,1H3. The molecule has 2 aromatic rings. The lowest BCUT2D eigenvalue weighted by molar-refractivity contribution is 0.619. The Morgan fingerprint density at radius 1 is 1.35 bits per heavy atom. The Hall–Kier alpha value is -1.39. The molecule has 3 rings (SSSR count). The fraction of sp³-hybridized carbons (Fsp3) is 0.375. The van der Waals surface area contributed by atoms with Crippen LogP contribution in [0.25, 0.3) is 0 Å². The first-order valence-corrected chi connectivity index (χ1v) is 7.85. The predicted molar refractivity (Wildman–Crippen MR) is 82.7 cm³/mol. The molecule has 1 aliphatic rings. The first-order valence-electron chi connectivity index (χ1n) is 6.98. The first kappa shape index (κ1) is 13.6. The molecule has 0 radical (unpaired) electrons. The molecule has 1 saturated carbocycles. The van der Waals surface area contributed by atoms with Crippen LogP contribution in [0.1, 0.15) is 23.3 Å². The van der Waals surface area contributed by atoms with Crippen molar-refractivity contribution in [2.75, 3.05) is 11.9 Å². The van der Waals surface area contributed by atoms with Gasteiger partial charge in [0, 0.05) is 30.2 Å². The lowest BCUT2D eigenvalue weighted by Gasteiger charge is -2.22. The van der Waals surface area contributed by atoms with Gasteiger partial charge in [0.2, 0.25) is 0 Å². The Kier molecular flexibility index (Phi) is 4.03. The van der Waals surface area contributed by atoms with E-state index in [0.717, 1.165) is 24.3 Å². The van der Waals surface area contributed by atoms with E-state index in [0.29, 0.717) is 6.04 Å². The third-order valence-corrected chi connectivity index (χ3v) is 4.45. The van der Waals surface area contributed by atoms with Crippen molar-refractivity contribution >= 4 is 17.0 Å². The maximum Gasteiger partial charge on any atom is 0.123 e. The Labute approximate surface area is 123 Å². The Morgan fingerprint density at radius 2 is 2.20 bits per heavy atom. The van der Waals surface area contributed by atoms with Gasteiger partial charge < -0.3 is 10.2 Å². The molecular weight excluding hydrogens is 271 g/mol. The summed E-state index contributed by atoms with van der Waals surface area (Å²) in [6, 6.07) is 9.90. The Balaban J connectivity index is 1.75. The highest BCUT2D eigenvalue weighted by molar-refractivity contribution is 7.09. The van der Waals surface area contributed by atoms with Crippen LogP contribution in [0.3, 0.4) is 0 Å². The Bertz CT molecular complexity index is 564. The molecule has 2 nitrogen and oxygen atoms in total. The third kappa shape index (κ3) is 3.38. The van der Waals surface area contributed by atoms with Gasteiger partial charge >= 0.3 is 0 Å². The summed E-state index contributed by atoms with van der Waals surface area (Å²) in [5.74, 6) is -0.161. The molecular formula is C16H19FN2S. The average molecular weight is 290 g/mol. The maximum atomic E-state index is 13.5. The second kappa shape index (κ2) is 5.94. The number of nitrogens with zero attached hydrogens (tertiary/aromatic N) is 1. The second-order valence-electron chi connectivity index (χ2n) is 5.36. The number of anilines is 1. The molecule has 0 unspecified atom stereocenters. The van der Waals surface area contributed by atoms with E-state index in [1.54, 1.807) is 23.5 Å². The van der Waals surface area contributed by atoms with E-state index in [4.69, 9.17) is 0 Å². The molecule has 0 aliphatic heterocycles. The third-order valence-electron chi connectivity index (χ3n) is 3.58. The number of thiophene rings is 1. The zero-order valence-electron chi connectivity index (χ0n) is 11.6. The van der Waals surface area contributed by atoms with Gasteiger partial charge in [0.1, 0.15) is 5.82 Å². The molecule has 0 spiro atoms. The van der Waals surface area contributed by atoms with Gasteiger partial charge in [-0.2, -0.15) is 0 Å². The van der Waals surface area contributed by atoms with E-state index >= 15 is 0 Å². The number of halogens is 1. The fourth-order valence-electron chi connectivity index (χ4n) is 2.33. The number of hydrogen-bond acceptors (Lipinski definition) is 3. The average Bonchev–Trinajstić information content (AvgIpc) is 3.13. The van der Waals surface area contributed by atoms with Crippen molar-refractivity contribution < 1.29 is 4.39 Å². The fourth-order valence-corrected chi connectivity index (χ4v) is 3.09. The minimum Gasteiger partial charge on any atom is -0.369 e. The van der Waals surface area contributed by atoms with Gasteiger partial charge in [0.25, 0.3) is 0 Å². The molecule has 1 heterocycles. The predicted octanol–water partition coefficient (Wildman–Crippen LogP) is 3.78. The molecule has 0 amide bonds. The highest BCUT2D eigenvalue weighted by atomic mass is 32.1. The van der Waals surface area contributed by atoms with Crippen molar-refractivity contribution in [2.45, 2.75) is 32.0 Å². The molecule has 4 heteroatoms. The molecule has 1 aromatic heterocycles. The summed E-state index contributed by atoms with van der Waals surface area (Å²) in [7, 11) is 2.06. The summed E-state index contributed by atoms with van der Waals surface area (Å²) in [6.45, 7) is 1.60. The summed E-state index contributed by atoms with van der Waals surface area (Å²) in [4.78, 5) is 3.51. The van der Waals surface area contributed by atoms with Crippen molar-refractivity contribution in [2.24, 2.45) is 0 Å². The zero-order valence-corrected chi connectivity index (χ0v) is 12.4. The number of hydrogen-bond donors (Lipinski definition) is 1. The second-order valence-corrected chi connectivity index (χ2v) is 6.40. The molecule has 1 N–H and O–H groups in total. The normalized spacial score (nSPS) is 14.5. The van der Waals surface area contributed by atoms with E-state index in [9.17, 15) is 4.39 Å². The quantitative estimate of drug-likeness (QED) is 0.871. The maximum absolute atomic E-state index is 13.5. The number of benzene rings is 1. The lowest BCUT2D eigenvalue weighted by Crippen LogP contribution is -2.21. The van der Waals surface area contributed by atoms with Gasteiger partial charge in [0.15, 0.2) is 0 Å². The minimum absolute atomic E-state index is 0.161. The molecule has 1 fully saturated rings. The summed E-state index contributed by atoms with van der Waals surface area (Å²) in [5.41, 5.74) is 2.14. The van der Waals surface area contributed by atoms with E-state index < -0.39 is 0 Å². The van der Waals surface area contributed by atoms with Crippen molar-refractivity contribution in [1.29, 1.82) is 0 Å². The van der Waals surface area contributed by atoms with Gasteiger partial charge in [0.05, 0.1) is 6.54 Å². The summed E-state index contributed by atoms with van der Waals surface area (Å²) in [5, 5.41) is 5.55. The molecule has 20 heavy (non-hydrogen) atoms. The van der Waals surface area contributed by atoms with E-state index in [-0.39, 0.29) is 5.82 Å². The van der Waals surface area contributed by atoms with Crippen LogP contribution in [0.2, 0.25) is 0 Å². The molecule has 0 bridgehead atoms. The Morgan fingerprint density at radius 3 is 2.90 bits per heavy atom. The van der Waals surface area contributed by atoms with Gasteiger partial charge in [-0.3, -0.25) is 0 Å². The largest absolute Gasteiger partial charge is 0.369 e. The topological polar surface area (TPSA) is 15.3 Å². The van der Waals surface area contributed by atoms with Crippen LogP contribution >= 0.6 is 11.3 Å². The lowest BCUT2D eigenvalue weighted by atomic mass is 10.1. The van der Waals surface area contributed by atoms with Crippen LogP contribution < -0.4 is 10.2 Å². The van der Waals surface area contributed by atoms with Crippen molar-refractivity contribution in [1.82, 2.24) is 5.32 Å². The molecule has 0 atom stereocenters. The molecule has 1 aliphatic carbocycles. The first-order chi connectivity index (χ1) is 9.72. The van der Waals surface area contributed by atoms with Crippen molar-refractivity contribution in [3.8, 4) is 0 Å². The summed E-state index contributed by atoms with van der Waals surface area (Å²) >= 11 is 1.75. The van der Waals surface area contributed by atoms with Gasteiger partial charge in [-0.25, -0.2) is 4.39 Å². The van der Waals surface area contributed by atoms with Crippen molar-refractivity contribution in [3.63, 3.8) is 0 Å². The SMILES string of the molecule is CN(Cc1cccs1)c1ccc(F)cc1CNC1CC1. The van der Waals surface area contributed by atoms with Gasteiger partial charge in [-0.15, -0.1) is 11.3 Å². The zero-order chi connectivity index (χ0) is 13.9. The smallest absolute Gasteiger partial charge is 0.123 e. The highest BCUT2D eigenvalue weighted by Gasteiger charge is 2.21. The van der Waals surface area contributed by atoms with E-state index in [1.165, 1.54) is 17.7 Å². The van der Waals surface area contributed by atoms with E-state index in [2.05, 4.69) is 34.8 Å². The molecule has 0 saturated heterocycles. The van der Waals surface area contributed by atoms with Crippen LogP contribution in [0, 0.1) is 5.82 Å². The van der Waals surface area contributed by atoms with Crippen LogP contribution in [-0.2, 0) is 13.1 Å². The van der Waals surface area contributed by atoms with Crippen LogP contribution in [-0.4, -0.2) is 13.1 Å². The van der Waals surface area contributed by atoms with Crippen molar-refractivity contribution in [3.05, 3.63) is 52.0 Å². The number of rotatable bonds is 6. The van der Waals surface area contributed by atoms with Crippen LogP contribution in [0.4, 0.5) is 10.1 Å². The minimum atomic E-state index is -0.161. The molecule has 1 aromatic carbocycles. The van der Waals surface area contributed by atoms with Gasteiger partial charge in [-0.1, -0.05) is 6.07 Å². The number of nitrogens with one attached hydrogen (secondary N) is 1. The summed E-state index contributed by atoms with van der Waals surface area (Å²) in [6.07, 6.45) is 2.49. The molecule has 106 valence electrons. The van der Waals surface area contributed by atoms with Crippen LogP contribution in [0.15, 0.2) is 35.7 Å². The van der Waals surface area contributed by atoms with Gasteiger partial charge in [-0.05, 0) is 48.1 Å². The van der Waals surface area contributed by atoms with Crippen LogP contribution in [0.5, 0.6) is 0 Å². The highest BCUT2D eigenvalue weighted by Crippen LogP contribution is 2.25. The monoisotopic (exact) mass is 290 g/mol.